The molecule has 0 aliphatic carbocycles. The Labute approximate surface area is 142 Å². The molecule has 5 heteroatoms. The van der Waals surface area contributed by atoms with E-state index in [1.54, 1.807) is 6.08 Å². The van der Waals surface area contributed by atoms with Crippen molar-refractivity contribution in [2.75, 3.05) is 20.2 Å². The predicted octanol–water partition coefficient (Wildman–Crippen LogP) is 2.91. The van der Waals surface area contributed by atoms with Crippen LogP contribution in [0.5, 0.6) is 0 Å². The lowest BCUT2D eigenvalue weighted by Crippen LogP contribution is -2.27. The smallest absolute Gasteiger partial charge is 0.330 e. The van der Waals surface area contributed by atoms with Gasteiger partial charge in [0.2, 0.25) is 0 Å². The zero-order valence-corrected chi connectivity index (χ0v) is 14.0. The Morgan fingerprint density at radius 1 is 1.33 bits per heavy atom. The number of likely N-dealkylation sites (tertiary alicyclic amines) is 1. The van der Waals surface area contributed by atoms with Crippen LogP contribution in [-0.2, 0) is 16.1 Å². The number of hydrogen-bond acceptors (Lipinski definition) is 4. The second-order valence-electron chi connectivity index (χ2n) is 5.99. The van der Waals surface area contributed by atoms with Crippen molar-refractivity contribution in [1.29, 1.82) is 0 Å². The molecule has 1 atom stereocenters. The maximum atomic E-state index is 11.2. The number of aromatic nitrogens is 2. The predicted molar refractivity (Wildman–Crippen MR) is 93.3 cm³/mol. The molecular formula is C19H23N3O2. The molecule has 0 radical (unpaired) electrons. The molecule has 2 aromatic rings. The summed E-state index contributed by atoms with van der Waals surface area (Å²) in [6.07, 6.45) is 9.47. The molecule has 1 aliphatic heterocycles. The van der Waals surface area contributed by atoms with Gasteiger partial charge < -0.3 is 4.74 Å². The van der Waals surface area contributed by atoms with Crippen LogP contribution in [0.15, 0.2) is 48.8 Å². The summed E-state index contributed by atoms with van der Waals surface area (Å²) in [6.45, 7) is 3.07. The van der Waals surface area contributed by atoms with E-state index < -0.39 is 0 Å². The van der Waals surface area contributed by atoms with E-state index in [0.29, 0.717) is 6.04 Å². The molecule has 1 saturated heterocycles. The van der Waals surface area contributed by atoms with Gasteiger partial charge in [0.15, 0.2) is 0 Å². The molecule has 24 heavy (non-hydrogen) atoms. The monoisotopic (exact) mass is 325 g/mol. The number of methoxy groups -OCH3 is 1. The van der Waals surface area contributed by atoms with Crippen molar-refractivity contribution in [3.05, 3.63) is 59.9 Å². The van der Waals surface area contributed by atoms with Gasteiger partial charge in [-0.3, -0.25) is 9.58 Å². The number of esters is 1. The quantitative estimate of drug-likeness (QED) is 0.605. The first kappa shape index (κ1) is 16.5. The highest BCUT2D eigenvalue weighted by molar-refractivity contribution is 5.86. The summed E-state index contributed by atoms with van der Waals surface area (Å²) >= 11 is 0. The Morgan fingerprint density at radius 3 is 2.88 bits per heavy atom. The van der Waals surface area contributed by atoms with Gasteiger partial charge in [-0.25, -0.2) is 4.79 Å². The van der Waals surface area contributed by atoms with Gasteiger partial charge in [-0.05, 0) is 42.7 Å². The standard InChI is InChI=1S/C19H23N3O2/c1-24-19(23)10-7-16-5-8-17(9-6-16)18-4-2-12-21(18)14-15-22-13-3-11-20-22/h3,5-11,13,18H,2,4,12,14-15H2,1H3/b10-7+/t18-/m0/s1. The average molecular weight is 325 g/mol. The minimum Gasteiger partial charge on any atom is -0.466 e. The van der Waals surface area contributed by atoms with E-state index >= 15 is 0 Å². The Morgan fingerprint density at radius 2 is 2.17 bits per heavy atom. The van der Waals surface area contributed by atoms with E-state index in [4.69, 9.17) is 0 Å². The summed E-state index contributed by atoms with van der Waals surface area (Å²) in [7, 11) is 1.38. The number of nitrogens with zero attached hydrogens (tertiary/aromatic N) is 3. The Hall–Kier alpha value is -2.40. The number of carbonyl (C=O) groups is 1. The van der Waals surface area contributed by atoms with Crippen molar-refractivity contribution in [3.63, 3.8) is 0 Å². The number of hydrogen-bond donors (Lipinski definition) is 0. The number of ether oxygens (including phenoxy) is 1. The third-order valence-corrected chi connectivity index (χ3v) is 4.47. The van der Waals surface area contributed by atoms with Crippen molar-refractivity contribution in [2.24, 2.45) is 0 Å². The highest BCUT2D eigenvalue weighted by Gasteiger charge is 2.25. The summed E-state index contributed by atoms with van der Waals surface area (Å²) < 4.78 is 6.59. The van der Waals surface area contributed by atoms with Crippen LogP contribution in [-0.4, -0.2) is 40.8 Å². The van der Waals surface area contributed by atoms with E-state index in [2.05, 4.69) is 39.0 Å². The summed E-state index contributed by atoms with van der Waals surface area (Å²) in [5.41, 5.74) is 2.34. The zero-order valence-electron chi connectivity index (χ0n) is 14.0. The highest BCUT2D eigenvalue weighted by Crippen LogP contribution is 2.31. The Balaban J connectivity index is 1.62. The van der Waals surface area contributed by atoms with Crippen molar-refractivity contribution < 1.29 is 9.53 Å². The van der Waals surface area contributed by atoms with Crippen LogP contribution in [0.1, 0.15) is 30.0 Å². The fraction of sp³-hybridized carbons (Fsp3) is 0.368. The molecule has 0 unspecified atom stereocenters. The van der Waals surface area contributed by atoms with Crippen LogP contribution in [0.25, 0.3) is 6.08 Å². The molecule has 2 heterocycles. The molecule has 5 nitrogen and oxygen atoms in total. The first-order chi connectivity index (χ1) is 11.8. The number of carbonyl (C=O) groups excluding carboxylic acids is 1. The molecule has 0 bridgehead atoms. The lowest BCUT2D eigenvalue weighted by molar-refractivity contribution is -0.134. The molecule has 1 aliphatic rings. The molecule has 0 saturated carbocycles. The fourth-order valence-corrected chi connectivity index (χ4v) is 3.20. The highest BCUT2D eigenvalue weighted by atomic mass is 16.5. The van der Waals surface area contributed by atoms with Crippen LogP contribution < -0.4 is 0 Å². The second-order valence-corrected chi connectivity index (χ2v) is 5.99. The SMILES string of the molecule is COC(=O)/C=C/c1ccc([C@@H]2CCCN2CCn2cccn2)cc1. The van der Waals surface area contributed by atoms with Gasteiger partial charge in [-0.1, -0.05) is 24.3 Å². The summed E-state index contributed by atoms with van der Waals surface area (Å²) in [4.78, 5) is 13.7. The molecule has 1 aromatic carbocycles. The molecule has 0 N–H and O–H groups in total. The third kappa shape index (κ3) is 4.11. The number of rotatable bonds is 6. The largest absolute Gasteiger partial charge is 0.466 e. The van der Waals surface area contributed by atoms with Gasteiger partial charge in [0.1, 0.15) is 0 Å². The number of benzene rings is 1. The van der Waals surface area contributed by atoms with Gasteiger partial charge in [0, 0.05) is 31.1 Å². The topological polar surface area (TPSA) is 47.4 Å². The minimum absolute atomic E-state index is 0.334. The lowest BCUT2D eigenvalue weighted by Gasteiger charge is -2.24. The summed E-state index contributed by atoms with van der Waals surface area (Å²) in [5.74, 6) is -0.334. The third-order valence-electron chi connectivity index (χ3n) is 4.47. The van der Waals surface area contributed by atoms with E-state index in [9.17, 15) is 4.79 Å². The van der Waals surface area contributed by atoms with Crippen molar-refractivity contribution >= 4 is 12.0 Å². The van der Waals surface area contributed by atoms with Crippen LogP contribution in [0.2, 0.25) is 0 Å². The van der Waals surface area contributed by atoms with Gasteiger partial charge in [0.25, 0.3) is 0 Å². The van der Waals surface area contributed by atoms with Crippen molar-refractivity contribution in [2.45, 2.75) is 25.4 Å². The average Bonchev–Trinajstić information content (AvgIpc) is 3.29. The first-order valence-electron chi connectivity index (χ1n) is 8.34. The van der Waals surface area contributed by atoms with E-state index in [-0.39, 0.29) is 5.97 Å². The molecule has 126 valence electrons. The summed E-state index contributed by atoms with van der Waals surface area (Å²) in [5, 5.41) is 4.27. The molecule has 1 fully saturated rings. The van der Waals surface area contributed by atoms with Gasteiger partial charge in [0.05, 0.1) is 13.7 Å². The Kier molecular flexibility index (Phi) is 5.43. The van der Waals surface area contributed by atoms with E-state index in [1.165, 1.54) is 31.6 Å². The van der Waals surface area contributed by atoms with Crippen LogP contribution in [0, 0.1) is 0 Å². The normalized spacial score (nSPS) is 18.3. The molecule has 3 rings (SSSR count). The summed E-state index contributed by atoms with van der Waals surface area (Å²) in [6, 6.07) is 10.9. The van der Waals surface area contributed by atoms with E-state index in [1.807, 2.05) is 23.1 Å². The second kappa shape index (κ2) is 7.93. The molecule has 1 aromatic heterocycles. The zero-order chi connectivity index (χ0) is 16.8. The van der Waals surface area contributed by atoms with E-state index in [0.717, 1.165) is 25.2 Å². The first-order valence-corrected chi connectivity index (χ1v) is 8.34. The van der Waals surface area contributed by atoms with Gasteiger partial charge in [-0.15, -0.1) is 0 Å². The molecule has 0 spiro atoms. The maximum absolute atomic E-state index is 11.2. The fourth-order valence-electron chi connectivity index (χ4n) is 3.20. The van der Waals surface area contributed by atoms with Crippen LogP contribution >= 0.6 is 0 Å². The van der Waals surface area contributed by atoms with Crippen molar-refractivity contribution in [3.8, 4) is 0 Å². The van der Waals surface area contributed by atoms with Gasteiger partial charge >= 0.3 is 5.97 Å². The lowest BCUT2D eigenvalue weighted by atomic mass is 10.0. The van der Waals surface area contributed by atoms with Crippen LogP contribution in [0.3, 0.4) is 0 Å². The Bertz CT molecular complexity index is 677. The maximum Gasteiger partial charge on any atom is 0.330 e. The van der Waals surface area contributed by atoms with Crippen molar-refractivity contribution in [1.82, 2.24) is 14.7 Å². The van der Waals surface area contributed by atoms with Gasteiger partial charge in [-0.2, -0.15) is 5.10 Å². The molecular weight excluding hydrogens is 302 g/mol. The molecule has 0 amide bonds. The van der Waals surface area contributed by atoms with Crippen LogP contribution in [0.4, 0.5) is 0 Å². The minimum atomic E-state index is -0.334.